The summed E-state index contributed by atoms with van der Waals surface area (Å²) >= 11 is 0. The summed E-state index contributed by atoms with van der Waals surface area (Å²) in [5, 5.41) is 0. The minimum Gasteiger partial charge on any atom is -0.303 e. The van der Waals surface area contributed by atoms with Gasteiger partial charge in [-0.05, 0) is 45.2 Å². The molecule has 2 aliphatic rings. The largest absolute Gasteiger partial charge is 0.303 e. The molecule has 0 amide bonds. The Balaban J connectivity index is 2.03. The van der Waals surface area contributed by atoms with E-state index in [1.165, 1.54) is 38.6 Å². The van der Waals surface area contributed by atoms with E-state index in [1.54, 1.807) is 0 Å². The molecule has 0 aromatic carbocycles. The molecule has 2 fully saturated rings. The van der Waals surface area contributed by atoms with E-state index in [0.717, 1.165) is 12.0 Å². The summed E-state index contributed by atoms with van der Waals surface area (Å²) < 4.78 is 0. The van der Waals surface area contributed by atoms with Crippen LogP contribution in [0.2, 0.25) is 0 Å². The van der Waals surface area contributed by atoms with Gasteiger partial charge in [0.15, 0.2) is 0 Å². The third-order valence-corrected chi connectivity index (χ3v) is 3.27. The first-order valence-corrected chi connectivity index (χ1v) is 4.58. The zero-order chi connectivity index (χ0) is 6.97. The van der Waals surface area contributed by atoms with E-state index in [1.807, 2.05) is 0 Å². The predicted molar refractivity (Wildman–Crippen MR) is 43.0 cm³/mol. The standard InChI is InChI=1S/C9H17N/c1-10-7-3-5-8-4-2-6-9(8)10/h8-9H,2-7H2,1H3. The highest BCUT2D eigenvalue weighted by atomic mass is 15.1. The normalized spacial score (nSPS) is 41.7. The molecule has 0 bridgehead atoms. The van der Waals surface area contributed by atoms with Gasteiger partial charge in [0.2, 0.25) is 0 Å². The molecule has 1 saturated carbocycles. The molecule has 1 saturated heterocycles. The van der Waals surface area contributed by atoms with Gasteiger partial charge in [0, 0.05) is 6.04 Å². The summed E-state index contributed by atoms with van der Waals surface area (Å²) in [6.07, 6.45) is 7.42. The Morgan fingerprint density at radius 1 is 1.10 bits per heavy atom. The van der Waals surface area contributed by atoms with Crippen molar-refractivity contribution in [2.75, 3.05) is 13.6 Å². The van der Waals surface area contributed by atoms with Crippen LogP contribution in [0.5, 0.6) is 0 Å². The summed E-state index contributed by atoms with van der Waals surface area (Å²) in [5.41, 5.74) is 0. The fourth-order valence-electron chi connectivity index (χ4n) is 2.70. The zero-order valence-corrected chi connectivity index (χ0v) is 6.84. The van der Waals surface area contributed by atoms with Crippen LogP contribution in [-0.4, -0.2) is 24.5 Å². The van der Waals surface area contributed by atoms with Crippen molar-refractivity contribution in [2.45, 2.75) is 38.1 Å². The Hall–Kier alpha value is -0.0400. The van der Waals surface area contributed by atoms with Crippen molar-refractivity contribution in [3.05, 3.63) is 0 Å². The Bertz CT molecular complexity index is 122. The van der Waals surface area contributed by atoms with E-state index in [-0.39, 0.29) is 0 Å². The maximum Gasteiger partial charge on any atom is 0.0120 e. The summed E-state index contributed by atoms with van der Waals surface area (Å²) in [6.45, 7) is 1.35. The van der Waals surface area contributed by atoms with Crippen molar-refractivity contribution in [3.63, 3.8) is 0 Å². The van der Waals surface area contributed by atoms with Crippen LogP contribution in [0.1, 0.15) is 32.1 Å². The van der Waals surface area contributed by atoms with Gasteiger partial charge >= 0.3 is 0 Å². The van der Waals surface area contributed by atoms with Gasteiger partial charge in [0.1, 0.15) is 0 Å². The van der Waals surface area contributed by atoms with Crippen LogP contribution >= 0.6 is 0 Å². The molecule has 1 nitrogen and oxygen atoms in total. The molecular formula is C9H17N. The maximum absolute atomic E-state index is 2.57. The number of piperidine rings is 1. The van der Waals surface area contributed by atoms with Gasteiger partial charge in [-0.25, -0.2) is 0 Å². The van der Waals surface area contributed by atoms with Crippen molar-refractivity contribution in [2.24, 2.45) is 5.92 Å². The SMILES string of the molecule is CN1CCCC2CCCC21. The van der Waals surface area contributed by atoms with Crippen LogP contribution in [0.25, 0.3) is 0 Å². The summed E-state index contributed by atoms with van der Waals surface area (Å²) in [4.78, 5) is 2.57. The van der Waals surface area contributed by atoms with E-state index in [9.17, 15) is 0 Å². The molecule has 0 spiro atoms. The Labute approximate surface area is 63.4 Å². The van der Waals surface area contributed by atoms with Crippen LogP contribution in [0.4, 0.5) is 0 Å². The molecule has 58 valence electrons. The Kier molecular flexibility index (Phi) is 1.69. The van der Waals surface area contributed by atoms with E-state index in [4.69, 9.17) is 0 Å². The fourth-order valence-corrected chi connectivity index (χ4v) is 2.70. The van der Waals surface area contributed by atoms with Crippen LogP contribution in [0, 0.1) is 5.92 Å². The lowest BCUT2D eigenvalue weighted by Crippen LogP contribution is -2.39. The number of rotatable bonds is 0. The number of nitrogens with zero attached hydrogens (tertiary/aromatic N) is 1. The molecule has 1 heterocycles. The first kappa shape index (κ1) is 6.66. The van der Waals surface area contributed by atoms with Crippen molar-refractivity contribution in [1.29, 1.82) is 0 Å². The van der Waals surface area contributed by atoms with Gasteiger partial charge in [-0.15, -0.1) is 0 Å². The van der Waals surface area contributed by atoms with E-state index in [0.29, 0.717) is 0 Å². The second-order valence-corrected chi connectivity index (χ2v) is 3.88. The maximum atomic E-state index is 2.57. The third kappa shape index (κ3) is 0.968. The molecule has 0 aromatic rings. The Morgan fingerprint density at radius 2 is 1.90 bits per heavy atom. The molecular weight excluding hydrogens is 122 g/mol. The molecule has 2 unspecified atom stereocenters. The molecule has 10 heavy (non-hydrogen) atoms. The molecule has 1 aliphatic carbocycles. The molecule has 2 rings (SSSR count). The summed E-state index contributed by atoms with van der Waals surface area (Å²) in [7, 11) is 2.29. The van der Waals surface area contributed by atoms with Gasteiger partial charge in [-0.2, -0.15) is 0 Å². The minimum atomic E-state index is 0.966. The minimum absolute atomic E-state index is 0.966. The molecule has 0 aromatic heterocycles. The van der Waals surface area contributed by atoms with Gasteiger partial charge < -0.3 is 4.90 Å². The van der Waals surface area contributed by atoms with Crippen LogP contribution in [0.3, 0.4) is 0 Å². The highest BCUT2D eigenvalue weighted by molar-refractivity contribution is 4.87. The van der Waals surface area contributed by atoms with E-state index >= 15 is 0 Å². The average molecular weight is 139 g/mol. The topological polar surface area (TPSA) is 3.24 Å². The summed E-state index contributed by atoms with van der Waals surface area (Å²) in [6, 6.07) is 0.966. The van der Waals surface area contributed by atoms with Crippen molar-refractivity contribution in [1.82, 2.24) is 4.90 Å². The smallest absolute Gasteiger partial charge is 0.0120 e. The Morgan fingerprint density at radius 3 is 2.70 bits per heavy atom. The van der Waals surface area contributed by atoms with Gasteiger partial charge in [0.05, 0.1) is 0 Å². The first-order valence-electron chi connectivity index (χ1n) is 4.58. The zero-order valence-electron chi connectivity index (χ0n) is 6.84. The first-order chi connectivity index (χ1) is 4.88. The van der Waals surface area contributed by atoms with E-state index < -0.39 is 0 Å². The van der Waals surface area contributed by atoms with Crippen LogP contribution < -0.4 is 0 Å². The van der Waals surface area contributed by atoms with Crippen molar-refractivity contribution >= 4 is 0 Å². The third-order valence-electron chi connectivity index (χ3n) is 3.27. The quantitative estimate of drug-likeness (QED) is 0.495. The van der Waals surface area contributed by atoms with Crippen LogP contribution in [-0.2, 0) is 0 Å². The van der Waals surface area contributed by atoms with Gasteiger partial charge in [-0.1, -0.05) is 6.42 Å². The lowest BCUT2D eigenvalue weighted by atomic mass is 9.93. The predicted octanol–water partition coefficient (Wildman–Crippen LogP) is 1.88. The number of likely N-dealkylation sites (tertiary alicyclic amines) is 1. The van der Waals surface area contributed by atoms with Gasteiger partial charge in [-0.3, -0.25) is 0 Å². The van der Waals surface area contributed by atoms with Crippen LogP contribution in [0.15, 0.2) is 0 Å². The number of fused-ring (bicyclic) bond motifs is 1. The monoisotopic (exact) mass is 139 g/mol. The summed E-state index contributed by atoms with van der Waals surface area (Å²) in [5.74, 6) is 1.07. The average Bonchev–Trinajstić information content (AvgIpc) is 2.36. The molecule has 1 aliphatic heterocycles. The number of hydrogen-bond donors (Lipinski definition) is 0. The second kappa shape index (κ2) is 2.54. The lowest BCUT2D eigenvalue weighted by molar-refractivity contribution is 0.144. The van der Waals surface area contributed by atoms with Crippen molar-refractivity contribution < 1.29 is 0 Å². The highest BCUT2D eigenvalue weighted by Crippen LogP contribution is 2.35. The van der Waals surface area contributed by atoms with Gasteiger partial charge in [0.25, 0.3) is 0 Å². The molecule has 1 heteroatoms. The molecule has 0 radical (unpaired) electrons. The number of hydrogen-bond acceptors (Lipinski definition) is 1. The lowest BCUT2D eigenvalue weighted by Gasteiger charge is -2.34. The van der Waals surface area contributed by atoms with Crippen molar-refractivity contribution in [3.8, 4) is 0 Å². The molecule has 0 N–H and O–H groups in total. The molecule has 2 atom stereocenters. The highest BCUT2D eigenvalue weighted by Gasteiger charge is 2.32. The second-order valence-electron chi connectivity index (χ2n) is 3.88. The fraction of sp³-hybridized carbons (Fsp3) is 1.00. The van der Waals surface area contributed by atoms with E-state index in [2.05, 4.69) is 11.9 Å².